The Morgan fingerprint density at radius 1 is 0.931 bits per heavy atom. The van der Waals surface area contributed by atoms with Crippen molar-refractivity contribution in [1.82, 2.24) is 9.97 Å². The fraction of sp³-hybridized carbons (Fsp3) is 0.167. The van der Waals surface area contributed by atoms with Crippen molar-refractivity contribution in [3.63, 3.8) is 0 Å². The highest BCUT2D eigenvalue weighted by atomic mass is 16.5. The SMILES string of the molecule is COc1ccc(-c2cc3ncc(-c4ccccc4)cc3c(NCCCN)n2)cc1. The summed E-state index contributed by atoms with van der Waals surface area (Å²) in [5.41, 5.74) is 10.7. The minimum atomic E-state index is 0.636. The highest BCUT2D eigenvalue weighted by Crippen LogP contribution is 2.30. The smallest absolute Gasteiger partial charge is 0.136 e. The number of methoxy groups -OCH3 is 1. The van der Waals surface area contributed by atoms with E-state index < -0.39 is 0 Å². The lowest BCUT2D eigenvalue weighted by molar-refractivity contribution is 0.415. The molecule has 0 fully saturated rings. The van der Waals surface area contributed by atoms with E-state index in [1.54, 1.807) is 7.11 Å². The summed E-state index contributed by atoms with van der Waals surface area (Å²) in [5.74, 6) is 1.65. The molecule has 3 N–H and O–H groups in total. The fourth-order valence-electron chi connectivity index (χ4n) is 3.26. The molecular formula is C24H24N4O. The van der Waals surface area contributed by atoms with E-state index in [4.69, 9.17) is 20.4 Å². The molecule has 2 heterocycles. The molecule has 0 atom stereocenters. The Kier molecular flexibility index (Phi) is 5.68. The van der Waals surface area contributed by atoms with Crippen LogP contribution in [0.4, 0.5) is 5.82 Å². The van der Waals surface area contributed by atoms with Crippen LogP contribution in [-0.4, -0.2) is 30.2 Å². The lowest BCUT2D eigenvalue weighted by Gasteiger charge is -2.13. The van der Waals surface area contributed by atoms with Crippen LogP contribution < -0.4 is 15.8 Å². The van der Waals surface area contributed by atoms with Crippen LogP contribution in [-0.2, 0) is 0 Å². The predicted octanol–water partition coefficient (Wildman–Crippen LogP) is 4.73. The molecule has 146 valence electrons. The highest BCUT2D eigenvalue weighted by Gasteiger charge is 2.11. The van der Waals surface area contributed by atoms with Crippen LogP contribution in [0.25, 0.3) is 33.3 Å². The molecule has 4 rings (SSSR count). The Bertz CT molecular complexity index is 1100. The van der Waals surface area contributed by atoms with Crippen molar-refractivity contribution in [1.29, 1.82) is 0 Å². The van der Waals surface area contributed by atoms with E-state index in [2.05, 4.69) is 23.5 Å². The van der Waals surface area contributed by atoms with Gasteiger partial charge in [0.25, 0.3) is 0 Å². The summed E-state index contributed by atoms with van der Waals surface area (Å²) in [5, 5.41) is 4.44. The number of aromatic nitrogens is 2. The molecule has 0 saturated heterocycles. The van der Waals surface area contributed by atoms with E-state index in [1.807, 2.05) is 54.7 Å². The Balaban J connectivity index is 1.80. The van der Waals surface area contributed by atoms with Crippen molar-refractivity contribution in [2.24, 2.45) is 5.73 Å². The van der Waals surface area contributed by atoms with E-state index in [9.17, 15) is 0 Å². The maximum absolute atomic E-state index is 5.67. The van der Waals surface area contributed by atoms with Gasteiger partial charge in [-0.15, -0.1) is 0 Å². The Morgan fingerprint density at radius 2 is 1.72 bits per heavy atom. The van der Waals surface area contributed by atoms with Crippen LogP contribution in [0.15, 0.2) is 72.9 Å². The van der Waals surface area contributed by atoms with Crippen molar-refractivity contribution in [2.45, 2.75) is 6.42 Å². The zero-order valence-electron chi connectivity index (χ0n) is 16.4. The third-order valence-electron chi connectivity index (χ3n) is 4.85. The van der Waals surface area contributed by atoms with Gasteiger partial charge in [-0.2, -0.15) is 0 Å². The standard InChI is InChI=1S/C24H24N4O/c1-29-20-10-8-18(9-11-20)22-15-23-21(24(28-22)26-13-5-12-25)14-19(16-27-23)17-6-3-2-4-7-17/h2-4,6-11,14-16H,5,12-13,25H2,1H3,(H,26,28). The van der Waals surface area contributed by atoms with Crippen molar-refractivity contribution in [2.75, 3.05) is 25.5 Å². The number of ether oxygens (including phenoxy) is 1. The Labute approximate surface area is 170 Å². The van der Waals surface area contributed by atoms with Crippen molar-refractivity contribution < 1.29 is 4.74 Å². The number of hydrogen-bond acceptors (Lipinski definition) is 5. The number of hydrogen-bond donors (Lipinski definition) is 2. The van der Waals surface area contributed by atoms with E-state index in [1.165, 1.54) is 0 Å². The average molecular weight is 384 g/mol. The molecule has 2 aromatic heterocycles. The number of nitrogens with two attached hydrogens (primary N) is 1. The number of benzene rings is 2. The van der Waals surface area contributed by atoms with Crippen LogP contribution in [0.1, 0.15) is 6.42 Å². The molecule has 0 spiro atoms. The molecule has 0 amide bonds. The van der Waals surface area contributed by atoms with Crippen molar-refractivity contribution in [3.05, 3.63) is 72.9 Å². The zero-order chi connectivity index (χ0) is 20.1. The summed E-state index contributed by atoms with van der Waals surface area (Å²) in [4.78, 5) is 9.64. The molecule has 0 unspecified atom stereocenters. The zero-order valence-corrected chi connectivity index (χ0v) is 16.4. The van der Waals surface area contributed by atoms with Gasteiger partial charge in [0, 0.05) is 29.3 Å². The normalized spacial score (nSPS) is 10.8. The first-order valence-corrected chi connectivity index (χ1v) is 9.73. The number of nitrogens with one attached hydrogen (secondary N) is 1. The van der Waals surface area contributed by atoms with Gasteiger partial charge >= 0.3 is 0 Å². The maximum Gasteiger partial charge on any atom is 0.136 e. The second kappa shape index (κ2) is 8.71. The Hall–Kier alpha value is -3.44. The third kappa shape index (κ3) is 4.20. The number of fused-ring (bicyclic) bond motifs is 1. The van der Waals surface area contributed by atoms with Crippen LogP contribution >= 0.6 is 0 Å². The van der Waals surface area contributed by atoms with Crippen molar-refractivity contribution >= 4 is 16.7 Å². The fourth-order valence-corrected chi connectivity index (χ4v) is 3.26. The van der Waals surface area contributed by atoms with Gasteiger partial charge in [-0.25, -0.2) is 4.98 Å². The van der Waals surface area contributed by atoms with Gasteiger partial charge in [0.2, 0.25) is 0 Å². The van der Waals surface area contributed by atoms with E-state index in [0.717, 1.165) is 57.8 Å². The molecule has 0 aliphatic carbocycles. The van der Waals surface area contributed by atoms with Gasteiger partial charge in [0.15, 0.2) is 0 Å². The van der Waals surface area contributed by atoms with Crippen LogP contribution in [0.3, 0.4) is 0 Å². The number of rotatable bonds is 7. The summed E-state index contributed by atoms with van der Waals surface area (Å²) in [6.07, 6.45) is 2.79. The Morgan fingerprint density at radius 3 is 2.45 bits per heavy atom. The average Bonchev–Trinajstić information content (AvgIpc) is 2.79. The molecule has 0 aliphatic rings. The molecule has 2 aromatic carbocycles. The van der Waals surface area contributed by atoms with Gasteiger partial charge in [-0.05, 0) is 54.9 Å². The molecule has 4 aromatic rings. The number of anilines is 1. The second-order valence-corrected chi connectivity index (χ2v) is 6.81. The van der Waals surface area contributed by atoms with Gasteiger partial charge in [0.05, 0.1) is 18.3 Å². The molecule has 29 heavy (non-hydrogen) atoms. The van der Waals surface area contributed by atoms with Gasteiger partial charge < -0.3 is 15.8 Å². The van der Waals surface area contributed by atoms with Gasteiger partial charge in [-0.1, -0.05) is 30.3 Å². The lowest BCUT2D eigenvalue weighted by atomic mass is 10.0. The summed E-state index contributed by atoms with van der Waals surface area (Å²) < 4.78 is 5.26. The molecule has 0 saturated carbocycles. The predicted molar refractivity (Wildman–Crippen MR) is 119 cm³/mol. The van der Waals surface area contributed by atoms with Crippen LogP contribution in [0.5, 0.6) is 5.75 Å². The minimum absolute atomic E-state index is 0.636. The van der Waals surface area contributed by atoms with E-state index in [-0.39, 0.29) is 0 Å². The van der Waals surface area contributed by atoms with Crippen LogP contribution in [0, 0.1) is 0 Å². The van der Waals surface area contributed by atoms with E-state index >= 15 is 0 Å². The molecule has 0 aliphatic heterocycles. The largest absolute Gasteiger partial charge is 0.497 e. The van der Waals surface area contributed by atoms with Gasteiger partial charge in [-0.3, -0.25) is 4.98 Å². The van der Waals surface area contributed by atoms with Crippen LogP contribution in [0.2, 0.25) is 0 Å². The quantitative estimate of drug-likeness (QED) is 0.451. The monoisotopic (exact) mass is 384 g/mol. The topological polar surface area (TPSA) is 73.1 Å². The minimum Gasteiger partial charge on any atom is -0.497 e. The van der Waals surface area contributed by atoms with E-state index in [0.29, 0.717) is 6.54 Å². The first-order chi connectivity index (χ1) is 14.3. The summed E-state index contributed by atoms with van der Waals surface area (Å²) in [6.45, 7) is 1.40. The maximum atomic E-state index is 5.67. The molecular weight excluding hydrogens is 360 g/mol. The first-order valence-electron chi connectivity index (χ1n) is 9.73. The molecule has 0 bridgehead atoms. The second-order valence-electron chi connectivity index (χ2n) is 6.81. The van der Waals surface area contributed by atoms with Crippen molar-refractivity contribution in [3.8, 4) is 28.1 Å². The summed E-state index contributed by atoms with van der Waals surface area (Å²) in [7, 11) is 1.66. The first kappa shape index (κ1) is 18.9. The molecule has 5 heteroatoms. The third-order valence-corrected chi connectivity index (χ3v) is 4.85. The molecule has 0 radical (unpaired) electrons. The lowest BCUT2D eigenvalue weighted by Crippen LogP contribution is -2.10. The van der Waals surface area contributed by atoms with Gasteiger partial charge in [0.1, 0.15) is 11.6 Å². The summed E-state index contributed by atoms with van der Waals surface area (Å²) in [6, 6.07) is 22.3. The number of nitrogens with zero attached hydrogens (tertiary/aromatic N) is 2. The highest BCUT2D eigenvalue weighted by molar-refractivity contribution is 5.94. The summed E-state index contributed by atoms with van der Waals surface area (Å²) >= 11 is 0. The molecule has 5 nitrogen and oxygen atoms in total. The number of pyridine rings is 2.